The summed E-state index contributed by atoms with van der Waals surface area (Å²) in [5.74, 6) is -0.0629. The van der Waals surface area contributed by atoms with Crippen molar-refractivity contribution < 1.29 is 19.1 Å². The zero-order chi connectivity index (χ0) is 18.1. The van der Waals surface area contributed by atoms with E-state index in [0.717, 1.165) is 0 Å². The van der Waals surface area contributed by atoms with E-state index in [1.807, 2.05) is 28.2 Å². The number of methoxy groups -OCH3 is 1. The van der Waals surface area contributed by atoms with Gasteiger partial charge in [-0.25, -0.2) is 0 Å². The van der Waals surface area contributed by atoms with Crippen molar-refractivity contribution in [1.29, 1.82) is 0 Å². The Labute approximate surface area is 143 Å². The van der Waals surface area contributed by atoms with Crippen molar-refractivity contribution in [3.05, 3.63) is 53.9 Å². The van der Waals surface area contributed by atoms with Crippen LogP contribution in [0.2, 0.25) is 0 Å². The molecule has 0 saturated carbocycles. The minimum atomic E-state index is -0.249. The number of hydrogen-bond donors (Lipinski definition) is 0. The highest BCUT2D eigenvalue weighted by atomic mass is 16.7. The Hall–Kier alpha value is -2.60. The summed E-state index contributed by atoms with van der Waals surface area (Å²) in [5, 5.41) is 0. The largest absolute Gasteiger partial charge is 0.467 e. The molecule has 0 saturated heterocycles. The summed E-state index contributed by atoms with van der Waals surface area (Å²) in [6.07, 6.45) is 6.18. The first-order valence-electron chi connectivity index (χ1n) is 7.39. The molecular weight excluding hydrogens is 308 g/mol. The zero-order valence-corrected chi connectivity index (χ0v) is 14.8. The third-order valence-electron chi connectivity index (χ3n) is 2.91. The maximum atomic E-state index is 12.4. The Bertz CT molecular complexity index is 634. The van der Waals surface area contributed by atoms with Crippen LogP contribution < -0.4 is 4.74 Å². The lowest BCUT2D eigenvalue weighted by molar-refractivity contribution is 0.0503. The lowest BCUT2D eigenvalue weighted by Gasteiger charge is -2.11. The number of allylic oxidation sites excluding steroid dienone is 2. The standard InChI is InChI=1S/C18H24N2O4/c1-19(2)10-8-16(21)14-6-7-18(24-13-23-5)15(12-14)17(22)9-11-20(3)4/h6-12H,13H2,1-5H3. The monoisotopic (exact) mass is 332 g/mol. The Morgan fingerprint density at radius 1 is 1.00 bits per heavy atom. The van der Waals surface area contributed by atoms with Crippen LogP contribution in [0.25, 0.3) is 0 Å². The van der Waals surface area contributed by atoms with Crippen LogP contribution in [0, 0.1) is 0 Å². The van der Waals surface area contributed by atoms with Gasteiger partial charge in [0.05, 0.1) is 5.56 Å². The molecule has 0 fully saturated rings. The molecule has 0 spiro atoms. The van der Waals surface area contributed by atoms with E-state index in [0.29, 0.717) is 16.9 Å². The van der Waals surface area contributed by atoms with Gasteiger partial charge in [-0.2, -0.15) is 0 Å². The van der Waals surface area contributed by atoms with Gasteiger partial charge in [0.1, 0.15) is 5.75 Å². The van der Waals surface area contributed by atoms with Crippen molar-refractivity contribution in [3.63, 3.8) is 0 Å². The first kappa shape index (κ1) is 19.4. The van der Waals surface area contributed by atoms with Gasteiger partial charge in [-0.15, -0.1) is 0 Å². The first-order valence-corrected chi connectivity index (χ1v) is 7.39. The first-order chi connectivity index (χ1) is 11.3. The molecule has 1 aromatic carbocycles. The third kappa shape index (κ3) is 6.26. The predicted octanol–water partition coefficient (Wildman–Crippen LogP) is 2.19. The van der Waals surface area contributed by atoms with Crippen LogP contribution in [0.4, 0.5) is 0 Å². The number of ether oxygens (including phenoxy) is 2. The van der Waals surface area contributed by atoms with Crippen molar-refractivity contribution in [2.24, 2.45) is 0 Å². The second kappa shape index (κ2) is 9.52. The molecular formula is C18H24N2O4. The highest BCUT2D eigenvalue weighted by molar-refractivity contribution is 6.10. The van der Waals surface area contributed by atoms with E-state index < -0.39 is 0 Å². The molecule has 0 aromatic heterocycles. The molecule has 0 N–H and O–H groups in total. The average Bonchev–Trinajstić information content (AvgIpc) is 2.55. The maximum absolute atomic E-state index is 12.4. The van der Waals surface area contributed by atoms with Crippen LogP contribution in [-0.2, 0) is 4.74 Å². The average molecular weight is 332 g/mol. The van der Waals surface area contributed by atoms with Gasteiger partial charge in [-0.05, 0) is 18.2 Å². The fourth-order valence-corrected chi connectivity index (χ4v) is 1.74. The normalized spacial score (nSPS) is 11.0. The molecule has 1 rings (SSSR count). The highest BCUT2D eigenvalue weighted by Gasteiger charge is 2.14. The van der Waals surface area contributed by atoms with Crippen molar-refractivity contribution in [2.75, 3.05) is 42.1 Å². The molecule has 1 aromatic rings. The van der Waals surface area contributed by atoms with Gasteiger partial charge >= 0.3 is 0 Å². The minimum absolute atomic E-state index is 0.0193. The number of benzene rings is 1. The van der Waals surface area contributed by atoms with Crippen LogP contribution in [0.15, 0.2) is 42.8 Å². The molecule has 6 nitrogen and oxygen atoms in total. The van der Waals surface area contributed by atoms with Gasteiger partial charge < -0.3 is 19.3 Å². The minimum Gasteiger partial charge on any atom is -0.467 e. The molecule has 6 heteroatoms. The van der Waals surface area contributed by atoms with Crippen LogP contribution in [0.3, 0.4) is 0 Å². The van der Waals surface area contributed by atoms with Crippen LogP contribution in [0.5, 0.6) is 5.75 Å². The smallest absolute Gasteiger partial charge is 0.191 e. The fraction of sp³-hybridized carbons (Fsp3) is 0.333. The molecule has 0 aliphatic heterocycles. The summed E-state index contributed by atoms with van der Waals surface area (Å²) < 4.78 is 10.3. The summed E-state index contributed by atoms with van der Waals surface area (Å²) in [7, 11) is 8.78. The molecule has 0 atom stereocenters. The van der Waals surface area contributed by atoms with Crippen LogP contribution in [-0.4, -0.2) is 63.5 Å². The number of ketones is 2. The van der Waals surface area contributed by atoms with Gasteiger partial charge in [0.15, 0.2) is 18.4 Å². The van der Waals surface area contributed by atoms with E-state index in [-0.39, 0.29) is 18.4 Å². The lowest BCUT2D eigenvalue weighted by Crippen LogP contribution is -2.08. The quantitative estimate of drug-likeness (QED) is 0.392. The molecule has 0 unspecified atom stereocenters. The highest BCUT2D eigenvalue weighted by Crippen LogP contribution is 2.22. The van der Waals surface area contributed by atoms with Crippen molar-refractivity contribution in [2.45, 2.75) is 0 Å². The number of carbonyl (C=O) groups excluding carboxylic acids is 2. The van der Waals surface area contributed by atoms with E-state index in [1.54, 1.807) is 34.3 Å². The van der Waals surface area contributed by atoms with E-state index in [4.69, 9.17) is 9.47 Å². The Kier molecular flexibility index (Phi) is 7.71. The van der Waals surface area contributed by atoms with Crippen LogP contribution in [0.1, 0.15) is 20.7 Å². The summed E-state index contributed by atoms with van der Waals surface area (Å²) in [4.78, 5) is 28.1. The zero-order valence-electron chi connectivity index (χ0n) is 14.8. The van der Waals surface area contributed by atoms with Gasteiger partial charge in [0.2, 0.25) is 0 Å². The number of rotatable bonds is 9. The van der Waals surface area contributed by atoms with Gasteiger partial charge in [-0.3, -0.25) is 9.59 Å². The molecule has 0 aliphatic rings. The predicted molar refractivity (Wildman–Crippen MR) is 93.3 cm³/mol. The summed E-state index contributed by atoms with van der Waals surface area (Å²) >= 11 is 0. The van der Waals surface area contributed by atoms with Crippen molar-refractivity contribution in [3.8, 4) is 5.75 Å². The number of hydrogen-bond acceptors (Lipinski definition) is 6. The lowest BCUT2D eigenvalue weighted by atomic mass is 10.0. The SMILES string of the molecule is COCOc1ccc(C(=O)C=CN(C)C)cc1C(=O)C=CN(C)C. The summed E-state index contributed by atoms with van der Waals surface area (Å²) in [5.41, 5.74) is 0.730. The van der Waals surface area contributed by atoms with Crippen molar-refractivity contribution in [1.82, 2.24) is 9.80 Å². The number of carbonyl (C=O) groups is 2. The van der Waals surface area contributed by atoms with E-state index in [2.05, 4.69) is 0 Å². The van der Waals surface area contributed by atoms with Crippen molar-refractivity contribution >= 4 is 11.6 Å². The van der Waals surface area contributed by atoms with Gasteiger partial charge in [0, 0.05) is 65.4 Å². The van der Waals surface area contributed by atoms with E-state index >= 15 is 0 Å². The van der Waals surface area contributed by atoms with Gasteiger partial charge in [-0.1, -0.05) is 0 Å². The molecule has 24 heavy (non-hydrogen) atoms. The molecule has 0 heterocycles. The summed E-state index contributed by atoms with van der Waals surface area (Å²) in [6, 6.07) is 4.77. The Morgan fingerprint density at radius 3 is 2.12 bits per heavy atom. The van der Waals surface area contributed by atoms with E-state index in [1.165, 1.54) is 25.3 Å². The summed E-state index contributed by atoms with van der Waals surface area (Å²) in [6.45, 7) is 0.0193. The van der Waals surface area contributed by atoms with E-state index in [9.17, 15) is 9.59 Å². The fourth-order valence-electron chi connectivity index (χ4n) is 1.74. The second-order valence-corrected chi connectivity index (χ2v) is 5.55. The van der Waals surface area contributed by atoms with Gasteiger partial charge in [0.25, 0.3) is 0 Å². The molecule has 130 valence electrons. The second-order valence-electron chi connectivity index (χ2n) is 5.55. The number of nitrogens with zero attached hydrogens (tertiary/aromatic N) is 2. The molecule has 0 bridgehead atoms. The maximum Gasteiger partial charge on any atom is 0.191 e. The van der Waals surface area contributed by atoms with Crippen LogP contribution >= 0.6 is 0 Å². The Balaban J connectivity index is 3.16. The molecule has 0 radical (unpaired) electrons. The molecule has 0 aliphatic carbocycles. The third-order valence-corrected chi connectivity index (χ3v) is 2.91. The Morgan fingerprint density at radius 2 is 1.58 bits per heavy atom. The topological polar surface area (TPSA) is 59.1 Å². The molecule has 0 amide bonds.